The van der Waals surface area contributed by atoms with E-state index in [1.54, 1.807) is 13.8 Å². The van der Waals surface area contributed by atoms with Crippen molar-refractivity contribution in [3.63, 3.8) is 0 Å². The standard InChI is InChI=1S/C16H30O8/c1-3-15(17)23-13-11-21-9-7-19-5-6-20-8-10-22-12-14-24-16(18)4-2/h3-14H2,1-2H3. The van der Waals surface area contributed by atoms with Crippen LogP contribution in [0.15, 0.2) is 0 Å². The summed E-state index contributed by atoms with van der Waals surface area (Å²) < 4.78 is 30.8. The number of rotatable bonds is 17. The highest BCUT2D eigenvalue weighted by Crippen LogP contribution is 1.87. The van der Waals surface area contributed by atoms with Crippen LogP contribution >= 0.6 is 0 Å². The maximum absolute atomic E-state index is 10.8. The van der Waals surface area contributed by atoms with Gasteiger partial charge >= 0.3 is 11.9 Å². The minimum Gasteiger partial charge on any atom is -0.463 e. The second-order valence-corrected chi connectivity index (χ2v) is 4.60. The molecule has 0 radical (unpaired) electrons. The third-order valence-electron chi connectivity index (χ3n) is 2.67. The minimum absolute atomic E-state index is 0.224. The molecule has 0 aliphatic carbocycles. The van der Waals surface area contributed by atoms with E-state index in [0.717, 1.165) is 0 Å². The van der Waals surface area contributed by atoms with Gasteiger partial charge in [0.05, 0.1) is 52.9 Å². The van der Waals surface area contributed by atoms with Crippen LogP contribution in [0.5, 0.6) is 0 Å². The Morgan fingerprint density at radius 3 is 1.00 bits per heavy atom. The Balaban J connectivity index is 3.05. The molecule has 8 nitrogen and oxygen atoms in total. The molecule has 0 aliphatic heterocycles. The average molecular weight is 350 g/mol. The number of esters is 2. The third-order valence-corrected chi connectivity index (χ3v) is 2.67. The van der Waals surface area contributed by atoms with Crippen LogP contribution in [0.25, 0.3) is 0 Å². The van der Waals surface area contributed by atoms with Crippen molar-refractivity contribution in [1.82, 2.24) is 0 Å². The second kappa shape index (κ2) is 18.1. The summed E-state index contributed by atoms with van der Waals surface area (Å²) in [6.45, 7) is 7.55. The molecule has 0 aliphatic rings. The van der Waals surface area contributed by atoms with Gasteiger partial charge in [-0.2, -0.15) is 0 Å². The maximum atomic E-state index is 10.8. The zero-order valence-corrected chi connectivity index (χ0v) is 14.8. The smallest absolute Gasteiger partial charge is 0.305 e. The summed E-state index contributed by atoms with van der Waals surface area (Å²) >= 11 is 0. The monoisotopic (exact) mass is 350 g/mol. The molecule has 0 aromatic carbocycles. The van der Waals surface area contributed by atoms with Crippen molar-refractivity contribution in [2.75, 3.05) is 66.1 Å². The van der Waals surface area contributed by atoms with E-state index >= 15 is 0 Å². The average Bonchev–Trinajstić information content (AvgIpc) is 2.60. The Bertz CT molecular complexity index is 278. The SMILES string of the molecule is CCC(=O)OCCOCCOCCOCCOCCOC(=O)CC. The van der Waals surface area contributed by atoms with Gasteiger partial charge < -0.3 is 28.4 Å². The van der Waals surface area contributed by atoms with E-state index in [1.165, 1.54) is 0 Å². The Hall–Kier alpha value is -1.22. The molecular formula is C16H30O8. The summed E-state index contributed by atoms with van der Waals surface area (Å²) in [6, 6.07) is 0. The van der Waals surface area contributed by atoms with E-state index in [-0.39, 0.29) is 25.2 Å². The van der Waals surface area contributed by atoms with Crippen LogP contribution in [-0.2, 0) is 38.0 Å². The second-order valence-electron chi connectivity index (χ2n) is 4.60. The molecule has 0 rings (SSSR count). The van der Waals surface area contributed by atoms with E-state index in [2.05, 4.69) is 0 Å². The van der Waals surface area contributed by atoms with Gasteiger partial charge in [-0.3, -0.25) is 9.59 Å². The van der Waals surface area contributed by atoms with Gasteiger partial charge in [0, 0.05) is 12.8 Å². The van der Waals surface area contributed by atoms with E-state index in [1.807, 2.05) is 0 Å². The van der Waals surface area contributed by atoms with Crippen LogP contribution in [0.2, 0.25) is 0 Å². The van der Waals surface area contributed by atoms with Crippen molar-refractivity contribution in [1.29, 1.82) is 0 Å². The summed E-state index contributed by atoms with van der Waals surface area (Å²) in [5.74, 6) is -0.448. The highest BCUT2D eigenvalue weighted by atomic mass is 16.6. The van der Waals surface area contributed by atoms with E-state index < -0.39 is 0 Å². The number of ether oxygens (including phenoxy) is 6. The first-order valence-electron chi connectivity index (χ1n) is 8.32. The molecule has 0 atom stereocenters. The van der Waals surface area contributed by atoms with Crippen LogP contribution < -0.4 is 0 Å². The largest absolute Gasteiger partial charge is 0.463 e. The summed E-state index contributed by atoms with van der Waals surface area (Å²) in [4.78, 5) is 21.7. The molecule has 0 N–H and O–H groups in total. The topological polar surface area (TPSA) is 89.5 Å². The zero-order valence-electron chi connectivity index (χ0n) is 14.8. The first-order valence-corrected chi connectivity index (χ1v) is 8.32. The predicted octanol–water partition coefficient (Wildman–Crippen LogP) is 0.959. The Labute approximate surface area is 143 Å². The van der Waals surface area contributed by atoms with Gasteiger partial charge in [0.2, 0.25) is 0 Å². The lowest BCUT2D eigenvalue weighted by Gasteiger charge is -2.08. The van der Waals surface area contributed by atoms with Gasteiger partial charge in [-0.25, -0.2) is 0 Å². The van der Waals surface area contributed by atoms with Gasteiger partial charge in [0.25, 0.3) is 0 Å². The normalized spacial score (nSPS) is 10.6. The molecule has 8 heteroatoms. The van der Waals surface area contributed by atoms with Crippen molar-refractivity contribution in [2.24, 2.45) is 0 Å². The fourth-order valence-electron chi connectivity index (χ4n) is 1.39. The summed E-state index contributed by atoms with van der Waals surface area (Å²) in [6.07, 6.45) is 0.751. The molecule has 0 bridgehead atoms. The van der Waals surface area contributed by atoms with Crippen molar-refractivity contribution < 1.29 is 38.0 Å². The number of carbonyl (C=O) groups is 2. The number of carbonyl (C=O) groups excluding carboxylic acids is 2. The number of hydrogen-bond acceptors (Lipinski definition) is 8. The van der Waals surface area contributed by atoms with Crippen LogP contribution in [0.1, 0.15) is 26.7 Å². The van der Waals surface area contributed by atoms with E-state index in [9.17, 15) is 9.59 Å². The first kappa shape index (κ1) is 22.8. The summed E-state index contributed by atoms with van der Waals surface area (Å²) in [7, 11) is 0. The fraction of sp³-hybridized carbons (Fsp3) is 0.875. The molecule has 0 aromatic heterocycles. The Morgan fingerprint density at radius 1 is 0.500 bits per heavy atom. The highest BCUT2D eigenvalue weighted by molar-refractivity contribution is 5.69. The lowest BCUT2D eigenvalue weighted by atomic mass is 10.5. The molecule has 0 spiro atoms. The molecule has 0 unspecified atom stereocenters. The maximum Gasteiger partial charge on any atom is 0.305 e. The Kier molecular flexibility index (Phi) is 17.2. The van der Waals surface area contributed by atoms with Gasteiger partial charge in [0.15, 0.2) is 0 Å². The Morgan fingerprint density at radius 2 is 0.750 bits per heavy atom. The van der Waals surface area contributed by atoms with Crippen LogP contribution in [-0.4, -0.2) is 78.0 Å². The van der Waals surface area contributed by atoms with E-state index in [4.69, 9.17) is 28.4 Å². The highest BCUT2D eigenvalue weighted by Gasteiger charge is 1.98. The van der Waals surface area contributed by atoms with Crippen molar-refractivity contribution in [3.05, 3.63) is 0 Å². The predicted molar refractivity (Wildman–Crippen MR) is 85.8 cm³/mol. The lowest BCUT2D eigenvalue weighted by molar-refractivity contribution is -0.145. The third kappa shape index (κ3) is 17.1. The quantitative estimate of drug-likeness (QED) is 0.283. The van der Waals surface area contributed by atoms with Crippen LogP contribution in [0.4, 0.5) is 0 Å². The first-order chi connectivity index (χ1) is 11.7. The molecule has 142 valence electrons. The summed E-state index contributed by atoms with van der Waals surface area (Å²) in [5.41, 5.74) is 0. The van der Waals surface area contributed by atoms with Gasteiger partial charge in [-0.05, 0) is 0 Å². The zero-order chi connectivity index (χ0) is 17.9. The van der Waals surface area contributed by atoms with Gasteiger partial charge in [0.1, 0.15) is 13.2 Å². The van der Waals surface area contributed by atoms with Gasteiger partial charge in [-0.15, -0.1) is 0 Å². The van der Waals surface area contributed by atoms with Crippen LogP contribution in [0.3, 0.4) is 0 Å². The minimum atomic E-state index is -0.224. The molecule has 0 heterocycles. The lowest BCUT2D eigenvalue weighted by Crippen LogP contribution is -2.15. The number of hydrogen-bond donors (Lipinski definition) is 0. The molecular weight excluding hydrogens is 320 g/mol. The fourth-order valence-corrected chi connectivity index (χ4v) is 1.39. The van der Waals surface area contributed by atoms with Crippen molar-refractivity contribution >= 4 is 11.9 Å². The van der Waals surface area contributed by atoms with E-state index in [0.29, 0.717) is 65.7 Å². The molecule has 0 saturated heterocycles. The molecule has 0 aromatic rings. The van der Waals surface area contributed by atoms with Crippen LogP contribution in [0, 0.1) is 0 Å². The molecule has 0 saturated carbocycles. The van der Waals surface area contributed by atoms with Crippen molar-refractivity contribution in [3.8, 4) is 0 Å². The van der Waals surface area contributed by atoms with Crippen molar-refractivity contribution in [2.45, 2.75) is 26.7 Å². The summed E-state index contributed by atoms with van der Waals surface area (Å²) in [5, 5.41) is 0. The molecule has 24 heavy (non-hydrogen) atoms. The molecule has 0 fully saturated rings. The molecule has 0 amide bonds. The van der Waals surface area contributed by atoms with Gasteiger partial charge in [-0.1, -0.05) is 13.8 Å².